The Kier molecular flexibility index (Phi) is 3.79. The van der Waals surface area contributed by atoms with Crippen LogP contribution in [0.25, 0.3) is 11.2 Å². The SMILES string of the molecule is CCc1nc2c(c(=O)n(C)c(=O)n2CC)n1CC(C)(C)N. The second-order valence-electron chi connectivity index (χ2n) is 6.02. The normalized spacial score (nSPS) is 12.3. The number of hydrogen-bond donors (Lipinski definition) is 1. The summed E-state index contributed by atoms with van der Waals surface area (Å²) in [6.07, 6.45) is 0.672. The van der Waals surface area contributed by atoms with Crippen LogP contribution in [0.15, 0.2) is 9.59 Å². The smallest absolute Gasteiger partial charge is 0.324 e. The Morgan fingerprint density at radius 1 is 1.19 bits per heavy atom. The molecule has 116 valence electrons. The topological polar surface area (TPSA) is 87.8 Å². The van der Waals surface area contributed by atoms with Gasteiger partial charge in [-0.15, -0.1) is 0 Å². The van der Waals surface area contributed by atoms with Gasteiger partial charge in [0.25, 0.3) is 5.56 Å². The molecule has 0 aliphatic heterocycles. The summed E-state index contributed by atoms with van der Waals surface area (Å²) in [4.78, 5) is 29.2. The number of nitrogens with zero attached hydrogens (tertiary/aromatic N) is 4. The van der Waals surface area contributed by atoms with Crippen LogP contribution in [-0.4, -0.2) is 24.2 Å². The lowest BCUT2D eigenvalue weighted by Gasteiger charge is -2.21. The lowest BCUT2D eigenvalue weighted by molar-refractivity contribution is 0.431. The maximum absolute atomic E-state index is 12.5. The van der Waals surface area contributed by atoms with Gasteiger partial charge in [0.1, 0.15) is 5.82 Å². The summed E-state index contributed by atoms with van der Waals surface area (Å²) < 4.78 is 4.51. The van der Waals surface area contributed by atoms with Crippen molar-refractivity contribution in [3.63, 3.8) is 0 Å². The first-order chi connectivity index (χ1) is 9.71. The predicted octanol–water partition coefficient (Wildman–Crippen LogP) is 0.216. The van der Waals surface area contributed by atoms with E-state index in [0.717, 1.165) is 10.4 Å². The summed E-state index contributed by atoms with van der Waals surface area (Å²) in [7, 11) is 1.49. The highest BCUT2D eigenvalue weighted by molar-refractivity contribution is 5.71. The maximum Gasteiger partial charge on any atom is 0.332 e. The fourth-order valence-corrected chi connectivity index (χ4v) is 2.53. The zero-order valence-electron chi connectivity index (χ0n) is 13.3. The van der Waals surface area contributed by atoms with E-state index >= 15 is 0 Å². The molecule has 0 aromatic carbocycles. The van der Waals surface area contributed by atoms with Gasteiger partial charge >= 0.3 is 5.69 Å². The zero-order valence-corrected chi connectivity index (χ0v) is 13.3. The maximum atomic E-state index is 12.5. The van der Waals surface area contributed by atoms with E-state index in [0.29, 0.717) is 30.7 Å². The molecule has 0 saturated carbocycles. The molecular formula is C14H23N5O2. The number of rotatable bonds is 4. The fourth-order valence-electron chi connectivity index (χ4n) is 2.53. The minimum Gasteiger partial charge on any atom is -0.324 e. The molecule has 2 aromatic heterocycles. The van der Waals surface area contributed by atoms with E-state index in [1.54, 1.807) is 0 Å². The monoisotopic (exact) mass is 293 g/mol. The highest BCUT2D eigenvalue weighted by Gasteiger charge is 2.22. The minimum atomic E-state index is -0.476. The summed E-state index contributed by atoms with van der Waals surface area (Å²) in [5, 5.41) is 0. The Labute approximate surface area is 123 Å². The number of fused-ring (bicyclic) bond motifs is 1. The zero-order chi connectivity index (χ0) is 15.9. The Bertz CT molecular complexity index is 789. The Balaban J connectivity index is 2.95. The van der Waals surface area contributed by atoms with E-state index in [9.17, 15) is 9.59 Å². The molecule has 0 atom stereocenters. The van der Waals surface area contributed by atoms with Crippen LogP contribution < -0.4 is 17.0 Å². The third kappa shape index (κ3) is 2.53. The number of imidazole rings is 1. The van der Waals surface area contributed by atoms with Gasteiger partial charge in [-0.1, -0.05) is 6.92 Å². The first kappa shape index (κ1) is 15.5. The summed E-state index contributed by atoms with van der Waals surface area (Å²) >= 11 is 0. The molecule has 2 rings (SSSR count). The third-order valence-corrected chi connectivity index (χ3v) is 3.51. The number of aryl methyl sites for hydroxylation is 2. The molecule has 0 saturated heterocycles. The van der Waals surface area contributed by atoms with Gasteiger partial charge in [-0.25, -0.2) is 9.78 Å². The van der Waals surface area contributed by atoms with E-state index in [4.69, 9.17) is 5.73 Å². The van der Waals surface area contributed by atoms with Crippen molar-refractivity contribution in [2.45, 2.75) is 52.7 Å². The second-order valence-corrected chi connectivity index (χ2v) is 6.02. The van der Waals surface area contributed by atoms with Crippen LogP contribution in [0.2, 0.25) is 0 Å². The average Bonchev–Trinajstić information content (AvgIpc) is 2.73. The molecule has 0 bridgehead atoms. The van der Waals surface area contributed by atoms with Crippen molar-refractivity contribution in [2.24, 2.45) is 12.8 Å². The molecule has 7 nitrogen and oxygen atoms in total. The summed E-state index contributed by atoms with van der Waals surface area (Å²) in [6, 6.07) is 0. The van der Waals surface area contributed by atoms with Gasteiger partial charge in [-0.3, -0.25) is 13.9 Å². The molecule has 0 aliphatic carbocycles. The molecule has 0 spiro atoms. The molecule has 0 radical (unpaired) electrons. The number of aromatic nitrogens is 4. The van der Waals surface area contributed by atoms with E-state index in [1.807, 2.05) is 32.3 Å². The highest BCUT2D eigenvalue weighted by Crippen LogP contribution is 2.15. The molecule has 2 heterocycles. The Morgan fingerprint density at radius 3 is 2.29 bits per heavy atom. The van der Waals surface area contributed by atoms with Crippen molar-refractivity contribution >= 4 is 11.2 Å². The third-order valence-electron chi connectivity index (χ3n) is 3.51. The quantitative estimate of drug-likeness (QED) is 0.873. The van der Waals surface area contributed by atoms with Crippen molar-refractivity contribution in [1.29, 1.82) is 0 Å². The van der Waals surface area contributed by atoms with Gasteiger partial charge in [0.15, 0.2) is 11.2 Å². The fraction of sp³-hybridized carbons (Fsp3) is 0.643. The largest absolute Gasteiger partial charge is 0.332 e. The highest BCUT2D eigenvalue weighted by atomic mass is 16.2. The van der Waals surface area contributed by atoms with Crippen LogP contribution in [0.1, 0.15) is 33.5 Å². The van der Waals surface area contributed by atoms with Crippen LogP contribution >= 0.6 is 0 Å². The summed E-state index contributed by atoms with van der Waals surface area (Å²) in [6.45, 7) is 8.58. The van der Waals surface area contributed by atoms with E-state index < -0.39 is 5.54 Å². The first-order valence-electron chi connectivity index (χ1n) is 7.19. The second kappa shape index (κ2) is 5.14. The lowest BCUT2D eigenvalue weighted by atomic mass is 10.1. The molecule has 2 N–H and O–H groups in total. The van der Waals surface area contributed by atoms with E-state index in [-0.39, 0.29) is 11.2 Å². The van der Waals surface area contributed by atoms with Crippen molar-refractivity contribution in [3.8, 4) is 0 Å². The van der Waals surface area contributed by atoms with Gasteiger partial charge in [0.05, 0.1) is 0 Å². The number of hydrogen-bond acceptors (Lipinski definition) is 4. The summed E-state index contributed by atoms with van der Waals surface area (Å²) in [5.41, 5.74) is 5.87. The molecular weight excluding hydrogens is 270 g/mol. The van der Waals surface area contributed by atoms with E-state index in [2.05, 4.69) is 4.98 Å². The number of nitrogens with two attached hydrogens (primary N) is 1. The van der Waals surface area contributed by atoms with Crippen LogP contribution in [0.3, 0.4) is 0 Å². The van der Waals surface area contributed by atoms with Gasteiger partial charge in [-0.2, -0.15) is 0 Å². The van der Waals surface area contributed by atoms with Crippen LogP contribution in [0.4, 0.5) is 0 Å². The van der Waals surface area contributed by atoms with Crippen LogP contribution in [-0.2, 0) is 26.6 Å². The molecule has 7 heteroatoms. The molecule has 2 aromatic rings. The Morgan fingerprint density at radius 2 is 1.81 bits per heavy atom. The van der Waals surface area contributed by atoms with Crippen molar-refractivity contribution in [1.82, 2.24) is 18.7 Å². The van der Waals surface area contributed by atoms with Crippen molar-refractivity contribution in [3.05, 3.63) is 26.7 Å². The summed E-state index contributed by atoms with van der Waals surface area (Å²) in [5.74, 6) is 0.772. The lowest BCUT2D eigenvalue weighted by Crippen LogP contribution is -2.41. The van der Waals surface area contributed by atoms with Crippen molar-refractivity contribution < 1.29 is 0 Å². The predicted molar refractivity (Wildman–Crippen MR) is 82.6 cm³/mol. The van der Waals surface area contributed by atoms with Crippen LogP contribution in [0.5, 0.6) is 0 Å². The minimum absolute atomic E-state index is 0.323. The average molecular weight is 293 g/mol. The first-order valence-corrected chi connectivity index (χ1v) is 7.19. The Hall–Kier alpha value is -1.89. The molecule has 0 amide bonds. The van der Waals surface area contributed by atoms with Crippen molar-refractivity contribution in [2.75, 3.05) is 0 Å². The van der Waals surface area contributed by atoms with Crippen LogP contribution in [0, 0.1) is 0 Å². The standard InChI is InChI=1S/C14H23N5O2/c1-6-9-16-11-10(19(9)8-14(3,4)15)12(20)17(5)13(21)18(11)7-2/h6-8,15H2,1-5H3. The molecule has 0 unspecified atom stereocenters. The van der Waals surface area contributed by atoms with E-state index in [1.165, 1.54) is 11.6 Å². The van der Waals surface area contributed by atoms with Gasteiger partial charge in [-0.05, 0) is 20.8 Å². The van der Waals surface area contributed by atoms with Gasteiger partial charge < -0.3 is 10.3 Å². The molecule has 0 aliphatic rings. The van der Waals surface area contributed by atoms with Gasteiger partial charge in [0, 0.05) is 32.1 Å². The molecule has 0 fully saturated rings. The van der Waals surface area contributed by atoms with Gasteiger partial charge in [0.2, 0.25) is 0 Å². The molecule has 21 heavy (non-hydrogen) atoms.